The van der Waals surface area contributed by atoms with Crippen LogP contribution in [-0.2, 0) is 12.7 Å². The van der Waals surface area contributed by atoms with Crippen LogP contribution in [0.2, 0.25) is 0 Å². The second kappa shape index (κ2) is 8.53. The minimum atomic E-state index is -4.41. The largest absolute Gasteiger partial charge is 0.496 e. The predicted octanol–water partition coefficient (Wildman–Crippen LogP) is 4.98. The molecule has 1 aliphatic heterocycles. The van der Waals surface area contributed by atoms with Crippen LogP contribution in [0, 0.1) is 0 Å². The summed E-state index contributed by atoms with van der Waals surface area (Å²) in [5, 5.41) is 3.58. The molecule has 0 aromatic heterocycles. The number of hydrogen-bond donors (Lipinski definition) is 1. The Morgan fingerprint density at radius 1 is 1.18 bits per heavy atom. The van der Waals surface area contributed by atoms with E-state index in [2.05, 4.69) is 48.3 Å². The van der Waals surface area contributed by atoms with Crippen molar-refractivity contribution < 1.29 is 17.9 Å². The Bertz CT molecular complexity index is 805. The number of nitrogens with one attached hydrogen (secondary N) is 1. The van der Waals surface area contributed by atoms with Crippen molar-refractivity contribution in [3.8, 4) is 5.75 Å². The molecule has 3 rings (SSSR count). The molecule has 6 heteroatoms. The highest BCUT2D eigenvalue weighted by atomic mass is 19.4. The summed E-state index contributed by atoms with van der Waals surface area (Å²) >= 11 is 0. The average Bonchev–Trinajstić information content (AvgIpc) is 2.67. The van der Waals surface area contributed by atoms with Gasteiger partial charge in [-0.15, -0.1) is 0 Å². The lowest BCUT2D eigenvalue weighted by molar-refractivity contribution is -0.138. The number of methoxy groups -OCH3 is 1. The van der Waals surface area contributed by atoms with Crippen molar-refractivity contribution in [1.29, 1.82) is 0 Å². The molecular weight excluding hydrogens is 365 g/mol. The quantitative estimate of drug-likeness (QED) is 0.776. The van der Waals surface area contributed by atoms with Crippen molar-refractivity contribution in [1.82, 2.24) is 10.2 Å². The normalized spacial score (nSPS) is 18.5. The van der Waals surface area contributed by atoms with Crippen molar-refractivity contribution in [2.75, 3.05) is 26.7 Å². The number of hydrogen-bond acceptors (Lipinski definition) is 3. The molecule has 1 atom stereocenters. The first-order chi connectivity index (χ1) is 13.3. The fourth-order valence-corrected chi connectivity index (χ4v) is 3.84. The molecule has 1 N–H and O–H groups in total. The lowest BCUT2D eigenvalue weighted by Crippen LogP contribution is -2.45. The predicted molar refractivity (Wildman–Crippen MR) is 105 cm³/mol. The molecule has 2 aromatic rings. The fraction of sp³-hybridized carbons (Fsp3) is 0.455. The maximum Gasteiger partial charge on any atom is 0.419 e. The topological polar surface area (TPSA) is 24.5 Å². The molecule has 3 nitrogen and oxygen atoms in total. The monoisotopic (exact) mass is 392 g/mol. The van der Waals surface area contributed by atoms with E-state index in [0.29, 0.717) is 12.5 Å². The van der Waals surface area contributed by atoms with E-state index in [-0.39, 0.29) is 11.8 Å². The molecule has 152 valence electrons. The van der Waals surface area contributed by atoms with E-state index in [9.17, 15) is 13.2 Å². The number of rotatable bonds is 5. The smallest absolute Gasteiger partial charge is 0.419 e. The first kappa shape index (κ1) is 20.7. The van der Waals surface area contributed by atoms with Crippen LogP contribution in [0.5, 0.6) is 5.75 Å². The van der Waals surface area contributed by atoms with Gasteiger partial charge in [-0.1, -0.05) is 44.2 Å². The first-order valence-electron chi connectivity index (χ1n) is 9.58. The molecule has 28 heavy (non-hydrogen) atoms. The third kappa shape index (κ3) is 4.67. The van der Waals surface area contributed by atoms with Gasteiger partial charge in [-0.05, 0) is 34.7 Å². The molecule has 1 heterocycles. The Morgan fingerprint density at radius 2 is 1.93 bits per heavy atom. The van der Waals surface area contributed by atoms with Crippen LogP contribution in [0.4, 0.5) is 13.2 Å². The van der Waals surface area contributed by atoms with Crippen LogP contribution >= 0.6 is 0 Å². The molecule has 1 saturated heterocycles. The van der Waals surface area contributed by atoms with Gasteiger partial charge in [0.1, 0.15) is 5.75 Å². The number of benzene rings is 2. The third-order valence-electron chi connectivity index (χ3n) is 5.23. The zero-order valence-electron chi connectivity index (χ0n) is 16.5. The number of alkyl halides is 3. The molecular formula is C22H27F3N2O. The Labute approximate surface area is 164 Å². The van der Waals surface area contributed by atoms with Crippen molar-refractivity contribution in [2.45, 2.75) is 38.5 Å². The Kier molecular flexibility index (Phi) is 6.30. The summed E-state index contributed by atoms with van der Waals surface area (Å²) in [5.74, 6) is 0.314. The van der Waals surface area contributed by atoms with Gasteiger partial charge in [0.15, 0.2) is 0 Å². The Balaban J connectivity index is 1.76. The van der Waals surface area contributed by atoms with Gasteiger partial charge in [0.05, 0.1) is 12.7 Å². The van der Waals surface area contributed by atoms with Gasteiger partial charge in [-0.3, -0.25) is 4.90 Å². The molecule has 0 amide bonds. The van der Waals surface area contributed by atoms with Crippen LogP contribution in [0.25, 0.3) is 0 Å². The van der Waals surface area contributed by atoms with Gasteiger partial charge in [-0.25, -0.2) is 0 Å². The molecule has 1 fully saturated rings. The standard InChI is InChI=1S/C22H27F3N2O/c1-15(2)17-6-4-5-7-18(17)20-14-27(11-10-26-20)13-16-8-9-19(22(23,24)25)21(12-16)28-3/h4-9,12,15,20,26H,10-11,13-14H2,1-3H3/t20-/m0/s1. The second-order valence-corrected chi connectivity index (χ2v) is 7.56. The minimum absolute atomic E-state index is 0.123. The average molecular weight is 392 g/mol. The highest BCUT2D eigenvalue weighted by molar-refractivity contribution is 5.39. The lowest BCUT2D eigenvalue weighted by Gasteiger charge is -2.35. The zero-order chi connectivity index (χ0) is 20.3. The SMILES string of the molecule is COc1cc(CN2CCN[C@H](c3ccccc3C(C)C)C2)ccc1C(F)(F)F. The van der Waals surface area contributed by atoms with Gasteiger partial charge < -0.3 is 10.1 Å². The molecule has 0 bridgehead atoms. The molecule has 0 saturated carbocycles. The van der Waals surface area contributed by atoms with E-state index in [1.807, 2.05) is 0 Å². The van der Waals surface area contributed by atoms with Crippen LogP contribution in [0.15, 0.2) is 42.5 Å². The van der Waals surface area contributed by atoms with Crippen molar-refractivity contribution >= 4 is 0 Å². The van der Waals surface area contributed by atoms with Gasteiger partial charge in [-0.2, -0.15) is 13.2 Å². The van der Waals surface area contributed by atoms with Crippen molar-refractivity contribution in [3.05, 3.63) is 64.7 Å². The highest BCUT2D eigenvalue weighted by Gasteiger charge is 2.34. The minimum Gasteiger partial charge on any atom is -0.496 e. The summed E-state index contributed by atoms with van der Waals surface area (Å²) in [4.78, 5) is 2.28. The fourth-order valence-electron chi connectivity index (χ4n) is 3.84. The van der Waals surface area contributed by atoms with E-state index < -0.39 is 11.7 Å². The summed E-state index contributed by atoms with van der Waals surface area (Å²) in [6.07, 6.45) is -4.41. The highest BCUT2D eigenvalue weighted by Crippen LogP contribution is 2.37. The van der Waals surface area contributed by atoms with Crippen molar-refractivity contribution in [2.24, 2.45) is 0 Å². The molecule has 0 unspecified atom stereocenters. The molecule has 2 aromatic carbocycles. The number of piperazine rings is 1. The number of nitrogens with zero attached hydrogens (tertiary/aromatic N) is 1. The maximum absolute atomic E-state index is 13.1. The molecule has 0 radical (unpaired) electrons. The van der Waals surface area contributed by atoms with Gasteiger partial charge in [0.25, 0.3) is 0 Å². The van der Waals surface area contributed by atoms with Gasteiger partial charge in [0, 0.05) is 32.2 Å². The van der Waals surface area contributed by atoms with Crippen molar-refractivity contribution in [3.63, 3.8) is 0 Å². The molecule has 0 spiro atoms. The summed E-state index contributed by atoms with van der Waals surface area (Å²) in [6.45, 7) is 7.48. The van der Waals surface area contributed by atoms with E-state index >= 15 is 0 Å². The second-order valence-electron chi connectivity index (χ2n) is 7.56. The first-order valence-corrected chi connectivity index (χ1v) is 9.58. The number of ether oxygens (including phenoxy) is 1. The van der Waals surface area contributed by atoms with Crippen LogP contribution in [0.3, 0.4) is 0 Å². The summed E-state index contributed by atoms with van der Waals surface area (Å²) < 4.78 is 44.2. The van der Waals surface area contributed by atoms with E-state index in [1.165, 1.54) is 24.3 Å². The van der Waals surface area contributed by atoms with Crippen LogP contribution in [-0.4, -0.2) is 31.6 Å². The van der Waals surface area contributed by atoms with Crippen LogP contribution < -0.4 is 10.1 Å². The summed E-state index contributed by atoms with van der Waals surface area (Å²) in [6, 6.07) is 12.8. The zero-order valence-corrected chi connectivity index (χ0v) is 16.5. The van der Waals surface area contributed by atoms with Crippen LogP contribution in [0.1, 0.15) is 48.1 Å². The molecule has 1 aliphatic rings. The lowest BCUT2D eigenvalue weighted by atomic mass is 9.92. The van der Waals surface area contributed by atoms with E-state index in [1.54, 1.807) is 6.07 Å². The summed E-state index contributed by atoms with van der Waals surface area (Å²) in [5.41, 5.74) is 2.72. The molecule has 0 aliphatic carbocycles. The Morgan fingerprint density at radius 3 is 2.61 bits per heavy atom. The van der Waals surface area contributed by atoms with E-state index in [0.717, 1.165) is 31.3 Å². The number of halogens is 3. The summed E-state index contributed by atoms with van der Waals surface area (Å²) in [7, 11) is 1.28. The van der Waals surface area contributed by atoms with E-state index in [4.69, 9.17) is 4.74 Å². The maximum atomic E-state index is 13.1. The third-order valence-corrected chi connectivity index (χ3v) is 5.23. The Hall–Kier alpha value is -2.05. The van der Waals surface area contributed by atoms with Gasteiger partial charge >= 0.3 is 6.18 Å². The van der Waals surface area contributed by atoms with Gasteiger partial charge in [0.2, 0.25) is 0 Å².